The molecule has 0 amide bonds. The zero-order valence-corrected chi connectivity index (χ0v) is 34.1. The Bertz CT molecular complexity index is 3500. The lowest BCUT2D eigenvalue weighted by molar-refractivity contribution is 0.633. The molecule has 2 spiro atoms. The molecular weight excluding hydrogens is 755 g/mol. The first kappa shape index (κ1) is 34.5. The molecule has 3 aliphatic rings. The van der Waals surface area contributed by atoms with Gasteiger partial charge < -0.3 is 0 Å². The van der Waals surface area contributed by atoms with Crippen LogP contribution in [0.15, 0.2) is 213 Å². The van der Waals surface area contributed by atoms with Gasteiger partial charge in [0.25, 0.3) is 0 Å². The predicted molar refractivity (Wildman–Crippen MR) is 257 cm³/mol. The highest BCUT2D eigenvalue weighted by molar-refractivity contribution is 7.26. The van der Waals surface area contributed by atoms with E-state index in [2.05, 4.69) is 195 Å². The minimum Gasteiger partial charge on any atom is -0.248 e. The number of pyridine rings is 1. The van der Waals surface area contributed by atoms with Gasteiger partial charge in [-0.2, -0.15) is 0 Å². The van der Waals surface area contributed by atoms with E-state index >= 15 is 0 Å². The van der Waals surface area contributed by atoms with Gasteiger partial charge in [0, 0.05) is 31.1 Å². The highest BCUT2D eigenvalue weighted by atomic mass is 32.1. The molecule has 2 heterocycles. The molecule has 10 aromatic rings. The van der Waals surface area contributed by atoms with Crippen LogP contribution in [-0.2, 0) is 10.8 Å². The third kappa shape index (κ3) is 4.27. The summed E-state index contributed by atoms with van der Waals surface area (Å²) in [4.78, 5) is 5.35. The van der Waals surface area contributed by atoms with Gasteiger partial charge in [-0.1, -0.05) is 183 Å². The van der Waals surface area contributed by atoms with Crippen LogP contribution in [0.25, 0.3) is 70.2 Å². The fourth-order valence-electron chi connectivity index (χ4n) is 11.7. The Morgan fingerprint density at radius 1 is 0.475 bits per heavy atom. The van der Waals surface area contributed by atoms with Crippen molar-refractivity contribution in [1.29, 1.82) is 0 Å². The van der Waals surface area contributed by atoms with Crippen LogP contribution in [0, 0.1) is 0 Å². The SMILES string of the molecule is C=C/C=C(\C=C)c1cc(-c2ccc3c(c2)-c2c(ccc4sc5ccccc5c24)C32c3ccccc3C3(c4ccccc4-c4ccccc43)c3ccccc32)nc2ccccc12. The van der Waals surface area contributed by atoms with Crippen LogP contribution in [0.1, 0.15) is 50.1 Å². The second-order valence-corrected chi connectivity index (χ2v) is 17.6. The Balaban J connectivity index is 1.17. The summed E-state index contributed by atoms with van der Waals surface area (Å²) in [6, 6.07) is 68.5. The van der Waals surface area contributed by atoms with E-state index in [1.165, 1.54) is 86.9 Å². The van der Waals surface area contributed by atoms with Gasteiger partial charge in [-0.3, -0.25) is 0 Å². The number of hydrogen-bond donors (Lipinski definition) is 0. The van der Waals surface area contributed by atoms with Crippen molar-refractivity contribution >= 4 is 48.0 Å². The van der Waals surface area contributed by atoms with Gasteiger partial charge >= 0.3 is 0 Å². The molecule has 2 aromatic heterocycles. The number of benzene rings is 8. The molecule has 61 heavy (non-hydrogen) atoms. The molecule has 0 saturated heterocycles. The van der Waals surface area contributed by atoms with Gasteiger partial charge in [0.15, 0.2) is 0 Å². The highest BCUT2D eigenvalue weighted by Crippen LogP contribution is 2.68. The summed E-state index contributed by atoms with van der Waals surface area (Å²) in [7, 11) is 0. The lowest BCUT2D eigenvalue weighted by Gasteiger charge is -2.48. The van der Waals surface area contributed by atoms with Crippen molar-refractivity contribution in [3.05, 3.63) is 263 Å². The van der Waals surface area contributed by atoms with Crippen LogP contribution in [0.3, 0.4) is 0 Å². The van der Waals surface area contributed by atoms with Gasteiger partial charge in [-0.05, 0) is 108 Å². The molecule has 13 rings (SSSR count). The maximum atomic E-state index is 5.35. The van der Waals surface area contributed by atoms with Gasteiger partial charge in [0.05, 0.1) is 22.0 Å². The maximum absolute atomic E-state index is 5.35. The topological polar surface area (TPSA) is 12.9 Å². The molecule has 0 aliphatic heterocycles. The van der Waals surface area contributed by atoms with Crippen LogP contribution >= 0.6 is 11.3 Å². The summed E-state index contributed by atoms with van der Waals surface area (Å²) in [6.45, 7) is 8.20. The Morgan fingerprint density at radius 3 is 1.67 bits per heavy atom. The first-order chi connectivity index (χ1) is 30.2. The van der Waals surface area contributed by atoms with Crippen molar-refractivity contribution in [2.45, 2.75) is 10.8 Å². The molecule has 0 unspecified atom stereocenters. The lowest BCUT2D eigenvalue weighted by Crippen LogP contribution is -2.43. The van der Waals surface area contributed by atoms with Gasteiger partial charge in [-0.15, -0.1) is 11.3 Å². The third-order valence-corrected chi connectivity index (χ3v) is 15.0. The van der Waals surface area contributed by atoms with E-state index in [4.69, 9.17) is 4.98 Å². The highest BCUT2D eigenvalue weighted by Gasteiger charge is 2.59. The molecule has 284 valence electrons. The molecular formula is C59H37NS. The Kier molecular flexibility index (Phi) is 7.10. The van der Waals surface area contributed by atoms with Gasteiger partial charge in [-0.25, -0.2) is 4.98 Å². The molecule has 0 radical (unpaired) electrons. The van der Waals surface area contributed by atoms with Gasteiger partial charge in [0.1, 0.15) is 0 Å². The normalized spacial score (nSPS) is 14.7. The van der Waals surface area contributed by atoms with Crippen LogP contribution in [-0.4, -0.2) is 4.98 Å². The number of rotatable bonds is 4. The maximum Gasteiger partial charge on any atom is 0.0720 e. The van der Waals surface area contributed by atoms with E-state index < -0.39 is 10.8 Å². The minimum absolute atomic E-state index is 0.485. The van der Waals surface area contributed by atoms with Crippen molar-refractivity contribution in [1.82, 2.24) is 4.98 Å². The first-order valence-electron chi connectivity index (χ1n) is 21.0. The van der Waals surface area contributed by atoms with Crippen molar-refractivity contribution in [3.63, 3.8) is 0 Å². The van der Waals surface area contributed by atoms with Crippen molar-refractivity contribution in [2.24, 2.45) is 0 Å². The number of fused-ring (bicyclic) bond motifs is 21. The average Bonchev–Trinajstić information content (AvgIpc) is 3.95. The van der Waals surface area contributed by atoms with Gasteiger partial charge in [0.2, 0.25) is 0 Å². The molecule has 0 saturated carbocycles. The number of para-hydroxylation sites is 1. The molecule has 2 heteroatoms. The Labute approximate surface area is 359 Å². The summed E-state index contributed by atoms with van der Waals surface area (Å²) in [6.07, 6.45) is 5.78. The number of allylic oxidation sites excluding steroid dienone is 4. The molecule has 1 nitrogen and oxygen atoms in total. The van der Waals surface area contributed by atoms with E-state index in [-0.39, 0.29) is 0 Å². The molecule has 0 N–H and O–H groups in total. The number of nitrogens with zero attached hydrogens (tertiary/aromatic N) is 1. The largest absolute Gasteiger partial charge is 0.248 e. The van der Waals surface area contributed by atoms with Crippen molar-refractivity contribution in [2.75, 3.05) is 0 Å². The zero-order chi connectivity index (χ0) is 40.5. The first-order valence-corrected chi connectivity index (χ1v) is 21.8. The average molecular weight is 792 g/mol. The summed E-state index contributed by atoms with van der Waals surface area (Å²) in [5.41, 5.74) is 19.9. The number of thiophene rings is 1. The zero-order valence-electron chi connectivity index (χ0n) is 33.3. The number of aromatic nitrogens is 1. The van der Waals surface area contributed by atoms with E-state index in [1.54, 1.807) is 0 Å². The molecule has 0 atom stereocenters. The Hall–Kier alpha value is -7.39. The van der Waals surface area contributed by atoms with Crippen molar-refractivity contribution < 1.29 is 0 Å². The molecule has 3 aliphatic carbocycles. The quantitative estimate of drug-likeness (QED) is 0.162. The second kappa shape index (κ2) is 12.6. The minimum atomic E-state index is -0.587. The number of hydrogen-bond acceptors (Lipinski definition) is 2. The standard InChI is InChI=1S/C59H37NS/c1-3-17-36(4-2)42-35-53(60-52-28-15-7-20-40(42)52)37-30-31-46-43(34-37)56-51(32-33-55-57(56)41-21-8-16-29-54(41)61-55)59(46)49-26-13-11-24-47(49)58(48-25-12-14-27-50(48)59)44-22-9-5-18-38(44)39-19-6-10-23-45(39)58/h3-35H,1-2H2/b36-17+. The van der Waals surface area contributed by atoms with E-state index in [0.29, 0.717) is 0 Å². The molecule has 0 bridgehead atoms. The predicted octanol–water partition coefficient (Wildman–Crippen LogP) is 15.1. The van der Waals surface area contributed by atoms with E-state index in [9.17, 15) is 0 Å². The lowest BCUT2D eigenvalue weighted by atomic mass is 9.52. The smallest absolute Gasteiger partial charge is 0.0720 e. The van der Waals surface area contributed by atoms with Crippen LogP contribution < -0.4 is 0 Å². The summed E-state index contributed by atoms with van der Waals surface area (Å²) in [5, 5.41) is 3.72. The summed E-state index contributed by atoms with van der Waals surface area (Å²) in [5.74, 6) is 0. The van der Waals surface area contributed by atoms with Crippen LogP contribution in [0.5, 0.6) is 0 Å². The molecule has 0 fully saturated rings. The van der Waals surface area contributed by atoms with Crippen LogP contribution in [0.2, 0.25) is 0 Å². The second-order valence-electron chi connectivity index (χ2n) is 16.5. The van der Waals surface area contributed by atoms with Crippen LogP contribution in [0.4, 0.5) is 0 Å². The van der Waals surface area contributed by atoms with Crippen molar-refractivity contribution in [3.8, 4) is 33.5 Å². The summed E-state index contributed by atoms with van der Waals surface area (Å²) < 4.78 is 2.61. The Morgan fingerprint density at radius 2 is 1.02 bits per heavy atom. The monoisotopic (exact) mass is 791 g/mol. The summed E-state index contributed by atoms with van der Waals surface area (Å²) >= 11 is 1.89. The fraction of sp³-hybridized carbons (Fsp3) is 0.0339. The fourth-order valence-corrected chi connectivity index (χ4v) is 12.8. The third-order valence-electron chi connectivity index (χ3n) is 13.9. The van der Waals surface area contributed by atoms with E-state index in [0.717, 1.165) is 33.3 Å². The molecule has 8 aromatic carbocycles. The van der Waals surface area contributed by atoms with E-state index in [1.807, 2.05) is 29.6 Å².